The van der Waals surface area contributed by atoms with Gasteiger partial charge in [-0.15, -0.1) is 0 Å². The first-order chi connectivity index (χ1) is 10.2. The van der Waals surface area contributed by atoms with Crippen molar-refractivity contribution in [2.24, 2.45) is 0 Å². The smallest absolute Gasteiger partial charge is 0.207 e. The maximum absolute atomic E-state index is 13.3. The zero-order chi connectivity index (χ0) is 16.5. The summed E-state index contributed by atoms with van der Waals surface area (Å²) in [6.45, 7) is 1.58. The van der Waals surface area contributed by atoms with Crippen molar-refractivity contribution in [2.45, 2.75) is 17.9 Å². The average Bonchev–Trinajstić information content (AvgIpc) is 2.48. The van der Waals surface area contributed by atoms with Crippen LogP contribution in [0.3, 0.4) is 0 Å². The van der Waals surface area contributed by atoms with Crippen LogP contribution in [0, 0.1) is 11.6 Å². The van der Waals surface area contributed by atoms with Crippen LogP contribution in [0.2, 0.25) is 5.02 Å². The van der Waals surface area contributed by atoms with E-state index in [2.05, 4.69) is 0 Å². The minimum Gasteiger partial charge on any atom is -0.207 e. The third-order valence-electron chi connectivity index (χ3n) is 3.47. The fraction of sp³-hybridized carbons (Fsp3) is 0.200. The molecule has 7 heteroatoms. The van der Waals surface area contributed by atoms with E-state index in [4.69, 9.17) is 11.6 Å². The van der Waals surface area contributed by atoms with Gasteiger partial charge in [0.1, 0.15) is 4.90 Å². The predicted molar refractivity (Wildman–Crippen MR) is 81.2 cm³/mol. The van der Waals surface area contributed by atoms with Gasteiger partial charge in [0.2, 0.25) is 10.0 Å². The number of benzene rings is 2. The zero-order valence-corrected chi connectivity index (χ0v) is 13.5. The highest BCUT2D eigenvalue weighted by Gasteiger charge is 2.28. The lowest BCUT2D eigenvalue weighted by Crippen LogP contribution is -2.30. The lowest BCUT2D eigenvalue weighted by atomic mass is 10.1. The van der Waals surface area contributed by atoms with Crippen molar-refractivity contribution in [3.63, 3.8) is 0 Å². The van der Waals surface area contributed by atoms with Crippen LogP contribution in [0.1, 0.15) is 18.5 Å². The SMILES string of the molecule is CC(c1ccc(F)c(F)c1)N(C)S(=O)(=O)c1ccccc1Cl. The number of nitrogens with zero attached hydrogens (tertiary/aromatic N) is 1. The lowest BCUT2D eigenvalue weighted by molar-refractivity contribution is 0.395. The molecule has 0 radical (unpaired) electrons. The van der Waals surface area contributed by atoms with E-state index in [1.807, 2.05) is 0 Å². The molecule has 0 heterocycles. The van der Waals surface area contributed by atoms with Gasteiger partial charge < -0.3 is 0 Å². The summed E-state index contributed by atoms with van der Waals surface area (Å²) in [4.78, 5) is -0.0337. The largest absolute Gasteiger partial charge is 0.244 e. The molecule has 0 bridgehead atoms. The lowest BCUT2D eigenvalue weighted by Gasteiger charge is -2.25. The molecular formula is C15H14ClF2NO2S. The van der Waals surface area contributed by atoms with Crippen LogP contribution < -0.4 is 0 Å². The van der Waals surface area contributed by atoms with Crippen LogP contribution in [0.4, 0.5) is 8.78 Å². The first-order valence-electron chi connectivity index (χ1n) is 6.42. The Morgan fingerprint density at radius 2 is 1.73 bits per heavy atom. The third kappa shape index (κ3) is 3.14. The third-order valence-corrected chi connectivity index (χ3v) is 5.89. The molecule has 0 saturated heterocycles. The van der Waals surface area contributed by atoms with Crippen LogP contribution >= 0.6 is 11.6 Å². The molecule has 22 heavy (non-hydrogen) atoms. The average molecular weight is 346 g/mol. The fourth-order valence-electron chi connectivity index (χ4n) is 2.00. The van der Waals surface area contributed by atoms with Crippen LogP contribution in [0.5, 0.6) is 0 Å². The Morgan fingerprint density at radius 3 is 2.32 bits per heavy atom. The Labute approximate surface area is 133 Å². The standard InChI is InChI=1S/C15H14ClF2NO2S/c1-10(11-7-8-13(17)14(18)9-11)19(2)22(20,21)15-6-4-3-5-12(15)16/h3-10H,1-2H3. The fourth-order valence-corrected chi connectivity index (χ4v) is 3.84. The van der Waals surface area contributed by atoms with Gasteiger partial charge in [0, 0.05) is 13.1 Å². The molecule has 0 fully saturated rings. The van der Waals surface area contributed by atoms with E-state index < -0.39 is 27.7 Å². The number of rotatable bonds is 4. The summed E-state index contributed by atoms with van der Waals surface area (Å²) >= 11 is 5.93. The van der Waals surface area contributed by atoms with E-state index in [-0.39, 0.29) is 9.92 Å². The minimum absolute atomic E-state index is 0.0337. The predicted octanol–water partition coefficient (Wildman–Crippen LogP) is 4.00. The Balaban J connectivity index is 2.39. The summed E-state index contributed by atoms with van der Waals surface area (Å²) in [5.41, 5.74) is 0.344. The summed E-state index contributed by atoms with van der Waals surface area (Å²) in [6, 6.07) is 8.68. The maximum Gasteiger partial charge on any atom is 0.244 e. The first kappa shape index (κ1) is 16.9. The van der Waals surface area contributed by atoms with Crippen molar-refractivity contribution in [1.29, 1.82) is 0 Å². The monoisotopic (exact) mass is 345 g/mol. The molecule has 0 saturated carbocycles. The Hall–Kier alpha value is -1.50. The van der Waals surface area contributed by atoms with E-state index >= 15 is 0 Å². The van der Waals surface area contributed by atoms with Crippen LogP contribution in [-0.4, -0.2) is 19.8 Å². The van der Waals surface area contributed by atoms with Gasteiger partial charge in [0.15, 0.2) is 11.6 Å². The van der Waals surface area contributed by atoms with Gasteiger partial charge in [-0.3, -0.25) is 0 Å². The summed E-state index contributed by atoms with van der Waals surface area (Å²) in [6.07, 6.45) is 0. The van der Waals surface area contributed by atoms with Crippen LogP contribution in [-0.2, 0) is 10.0 Å². The van der Waals surface area contributed by atoms with Crippen molar-refractivity contribution >= 4 is 21.6 Å². The molecule has 0 aromatic heterocycles. The quantitative estimate of drug-likeness (QED) is 0.840. The highest BCUT2D eigenvalue weighted by Crippen LogP contribution is 2.29. The highest BCUT2D eigenvalue weighted by atomic mass is 35.5. The van der Waals surface area contributed by atoms with E-state index in [1.54, 1.807) is 19.1 Å². The molecule has 0 aliphatic rings. The second kappa shape index (κ2) is 6.32. The Morgan fingerprint density at radius 1 is 1.09 bits per heavy atom. The van der Waals surface area contributed by atoms with Gasteiger partial charge in [0.25, 0.3) is 0 Å². The second-order valence-electron chi connectivity index (χ2n) is 4.80. The molecule has 3 nitrogen and oxygen atoms in total. The highest BCUT2D eigenvalue weighted by molar-refractivity contribution is 7.89. The molecule has 2 aromatic carbocycles. The van der Waals surface area contributed by atoms with Gasteiger partial charge in [-0.05, 0) is 36.8 Å². The van der Waals surface area contributed by atoms with E-state index in [0.717, 1.165) is 16.4 Å². The van der Waals surface area contributed by atoms with Gasteiger partial charge in [0.05, 0.1) is 5.02 Å². The van der Waals surface area contributed by atoms with Crippen molar-refractivity contribution in [3.8, 4) is 0 Å². The maximum atomic E-state index is 13.3. The second-order valence-corrected chi connectivity index (χ2v) is 7.17. The summed E-state index contributed by atoms with van der Waals surface area (Å²) in [7, 11) is -2.49. The summed E-state index contributed by atoms with van der Waals surface area (Å²) < 4.78 is 52.6. The van der Waals surface area contributed by atoms with E-state index in [0.29, 0.717) is 5.56 Å². The zero-order valence-electron chi connectivity index (χ0n) is 11.9. The van der Waals surface area contributed by atoms with E-state index in [1.165, 1.54) is 25.2 Å². The van der Waals surface area contributed by atoms with Crippen molar-refractivity contribution in [3.05, 3.63) is 64.7 Å². The van der Waals surface area contributed by atoms with E-state index in [9.17, 15) is 17.2 Å². The van der Waals surface area contributed by atoms with Gasteiger partial charge >= 0.3 is 0 Å². The van der Waals surface area contributed by atoms with Crippen molar-refractivity contribution in [1.82, 2.24) is 4.31 Å². The minimum atomic E-state index is -3.85. The molecule has 0 aliphatic heterocycles. The molecule has 2 aromatic rings. The van der Waals surface area contributed by atoms with Gasteiger partial charge in [-0.1, -0.05) is 29.8 Å². The van der Waals surface area contributed by atoms with Gasteiger partial charge in [-0.2, -0.15) is 4.31 Å². The van der Waals surface area contributed by atoms with Crippen LogP contribution in [0.25, 0.3) is 0 Å². The Kier molecular flexibility index (Phi) is 4.84. The Bertz CT molecular complexity index is 796. The molecule has 0 aliphatic carbocycles. The summed E-state index contributed by atoms with van der Waals surface area (Å²) in [5.74, 6) is -2.00. The number of hydrogen-bond acceptors (Lipinski definition) is 2. The normalized spacial score (nSPS) is 13.4. The molecule has 1 atom stereocenters. The topological polar surface area (TPSA) is 37.4 Å². The number of sulfonamides is 1. The molecule has 118 valence electrons. The molecule has 0 spiro atoms. The number of halogens is 3. The van der Waals surface area contributed by atoms with Crippen molar-refractivity contribution in [2.75, 3.05) is 7.05 Å². The molecule has 0 amide bonds. The molecular weight excluding hydrogens is 332 g/mol. The number of hydrogen-bond donors (Lipinski definition) is 0. The summed E-state index contributed by atoms with van der Waals surface area (Å²) in [5, 5.41) is 0.104. The molecule has 1 unspecified atom stereocenters. The molecule has 0 N–H and O–H groups in total. The van der Waals surface area contributed by atoms with Gasteiger partial charge in [-0.25, -0.2) is 17.2 Å². The van der Waals surface area contributed by atoms with Crippen molar-refractivity contribution < 1.29 is 17.2 Å². The first-order valence-corrected chi connectivity index (χ1v) is 8.24. The molecule has 2 rings (SSSR count). The van der Waals surface area contributed by atoms with Crippen LogP contribution in [0.15, 0.2) is 47.4 Å².